The van der Waals surface area contributed by atoms with E-state index in [1.165, 1.54) is 25.0 Å². The van der Waals surface area contributed by atoms with E-state index in [2.05, 4.69) is 31.4 Å². The average molecular weight is 326 g/mol. The molecule has 0 unspecified atom stereocenters. The molecule has 0 atom stereocenters. The monoisotopic (exact) mass is 325 g/mol. The van der Waals surface area contributed by atoms with Gasteiger partial charge in [-0.1, -0.05) is 21.1 Å². The van der Waals surface area contributed by atoms with Gasteiger partial charge in [0, 0.05) is 29.0 Å². The number of hydrogen-bond acceptors (Lipinski definition) is 4. The Morgan fingerprint density at radius 2 is 2.26 bits per heavy atom. The fourth-order valence-corrected chi connectivity index (χ4v) is 2.23. The predicted molar refractivity (Wildman–Crippen MR) is 72.1 cm³/mol. The molecule has 1 aliphatic carbocycles. The molecule has 4 nitrogen and oxygen atoms in total. The van der Waals surface area contributed by atoms with Crippen LogP contribution in [0.5, 0.6) is 0 Å². The highest BCUT2D eigenvalue weighted by Gasteiger charge is 2.20. The Bertz CT molecular complexity index is 583. The Balaban J connectivity index is 1.70. The standard InChI is InChI=1S/C13H13BrFN3O/c14-11-4-1-8(15)7-10(11)13-17-12(19-18-13)5-6-16-9-2-3-9/h1,4,7,9,16H,2-3,5-6H2. The van der Waals surface area contributed by atoms with E-state index in [0.29, 0.717) is 29.7 Å². The van der Waals surface area contributed by atoms with E-state index in [4.69, 9.17) is 4.52 Å². The van der Waals surface area contributed by atoms with Crippen molar-refractivity contribution in [3.63, 3.8) is 0 Å². The minimum absolute atomic E-state index is 0.319. The van der Waals surface area contributed by atoms with Crippen molar-refractivity contribution >= 4 is 15.9 Å². The average Bonchev–Trinajstić information content (AvgIpc) is 3.10. The number of aromatic nitrogens is 2. The van der Waals surface area contributed by atoms with Gasteiger partial charge in [0.2, 0.25) is 11.7 Å². The number of benzene rings is 1. The first-order valence-electron chi connectivity index (χ1n) is 6.24. The fourth-order valence-electron chi connectivity index (χ4n) is 1.81. The summed E-state index contributed by atoms with van der Waals surface area (Å²) in [4.78, 5) is 4.29. The largest absolute Gasteiger partial charge is 0.339 e. The lowest BCUT2D eigenvalue weighted by Crippen LogP contribution is -2.19. The molecule has 100 valence electrons. The van der Waals surface area contributed by atoms with Gasteiger partial charge in [-0.2, -0.15) is 4.98 Å². The molecule has 0 spiro atoms. The van der Waals surface area contributed by atoms with Gasteiger partial charge in [0.1, 0.15) is 5.82 Å². The molecule has 1 fully saturated rings. The maximum absolute atomic E-state index is 13.2. The van der Waals surface area contributed by atoms with E-state index in [1.54, 1.807) is 6.07 Å². The van der Waals surface area contributed by atoms with Crippen molar-refractivity contribution in [2.75, 3.05) is 6.54 Å². The first-order valence-corrected chi connectivity index (χ1v) is 7.03. The van der Waals surface area contributed by atoms with E-state index in [1.807, 2.05) is 0 Å². The van der Waals surface area contributed by atoms with Crippen LogP contribution in [-0.2, 0) is 6.42 Å². The summed E-state index contributed by atoms with van der Waals surface area (Å²) in [6, 6.07) is 5.07. The third-order valence-electron chi connectivity index (χ3n) is 2.99. The molecular weight excluding hydrogens is 313 g/mol. The van der Waals surface area contributed by atoms with Gasteiger partial charge in [-0.15, -0.1) is 0 Å². The Morgan fingerprint density at radius 1 is 1.42 bits per heavy atom. The maximum Gasteiger partial charge on any atom is 0.228 e. The zero-order valence-corrected chi connectivity index (χ0v) is 11.8. The molecule has 1 aromatic heterocycles. The number of nitrogens with zero attached hydrogens (tertiary/aromatic N) is 2. The topological polar surface area (TPSA) is 51.0 Å². The zero-order chi connectivity index (χ0) is 13.2. The molecule has 6 heteroatoms. The highest BCUT2D eigenvalue weighted by atomic mass is 79.9. The normalized spacial score (nSPS) is 14.8. The van der Waals surface area contributed by atoms with Crippen LogP contribution in [-0.4, -0.2) is 22.7 Å². The van der Waals surface area contributed by atoms with Crippen LogP contribution >= 0.6 is 15.9 Å². The summed E-state index contributed by atoms with van der Waals surface area (Å²) in [6.07, 6.45) is 3.20. The van der Waals surface area contributed by atoms with Crippen molar-refractivity contribution < 1.29 is 8.91 Å². The Kier molecular flexibility index (Phi) is 3.61. The van der Waals surface area contributed by atoms with Crippen LogP contribution in [0, 0.1) is 5.82 Å². The lowest BCUT2D eigenvalue weighted by Gasteiger charge is -1.98. The van der Waals surface area contributed by atoms with Gasteiger partial charge in [-0.25, -0.2) is 4.39 Å². The molecule has 0 aliphatic heterocycles. The van der Waals surface area contributed by atoms with Crippen LogP contribution in [0.15, 0.2) is 27.2 Å². The maximum atomic E-state index is 13.2. The first-order chi connectivity index (χ1) is 9.22. The van der Waals surface area contributed by atoms with E-state index in [-0.39, 0.29) is 5.82 Å². The molecule has 0 radical (unpaired) electrons. The van der Waals surface area contributed by atoms with E-state index in [9.17, 15) is 4.39 Å². The lowest BCUT2D eigenvalue weighted by molar-refractivity contribution is 0.376. The van der Waals surface area contributed by atoms with Crippen molar-refractivity contribution in [3.05, 3.63) is 34.4 Å². The number of nitrogens with one attached hydrogen (secondary N) is 1. The third kappa shape index (κ3) is 3.19. The molecule has 0 amide bonds. The quantitative estimate of drug-likeness (QED) is 0.918. The molecule has 1 aliphatic rings. The highest BCUT2D eigenvalue weighted by Crippen LogP contribution is 2.26. The molecule has 1 heterocycles. The molecule has 1 aromatic carbocycles. The lowest BCUT2D eigenvalue weighted by atomic mass is 10.2. The SMILES string of the molecule is Fc1ccc(Br)c(-c2noc(CCNC3CC3)n2)c1. The zero-order valence-electron chi connectivity index (χ0n) is 10.2. The van der Waals surface area contributed by atoms with Gasteiger partial charge < -0.3 is 9.84 Å². The Hall–Kier alpha value is -1.27. The van der Waals surface area contributed by atoms with E-state index >= 15 is 0 Å². The first kappa shape index (κ1) is 12.7. The van der Waals surface area contributed by atoms with E-state index in [0.717, 1.165) is 11.0 Å². The Labute approximate surface area is 118 Å². The van der Waals surface area contributed by atoms with Crippen LogP contribution < -0.4 is 5.32 Å². The molecule has 0 bridgehead atoms. The molecular formula is C13H13BrFN3O. The minimum Gasteiger partial charge on any atom is -0.339 e. The van der Waals surface area contributed by atoms with Crippen LogP contribution in [0.3, 0.4) is 0 Å². The van der Waals surface area contributed by atoms with Crippen LogP contribution in [0.2, 0.25) is 0 Å². The molecule has 2 aromatic rings. The van der Waals surface area contributed by atoms with Crippen molar-refractivity contribution in [2.45, 2.75) is 25.3 Å². The minimum atomic E-state index is -0.319. The fraction of sp³-hybridized carbons (Fsp3) is 0.385. The number of halogens is 2. The summed E-state index contributed by atoms with van der Waals surface area (Å²) in [7, 11) is 0. The molecule has 3 rings (SSSR count). The molecule has 1 saturated carbocycles. The molecule has 0 saturated heterocycles. The van der Waals surface area contributed by atoms with Crippen molar-refractivity contribution in [3.8, 4) is 11.4 Å². The van der Waals surface area contributed by atoms with Crippen molar-refractivity contribution in [2.24, 2.45) is 0 Å². The number of hydrogen-bond donors (Lipinski definition) is 1. The van der Waals surface area contributed by atoms with Crippen molar-refractivity contribution in [1.29, 1.82) is 0 Å². The second kappa shape index (κ2) is 5.38. The van der Waals surface area contributed by atoms with Gasteiger partial charge in [-0.3, -0.25) is 0 Å². The van der Waals surface area contributed by atoms with Crippen LogP contribution in [0.1, 0.15) is 18.7 Å². The van der Waals surface area contributed by atoms with Gasteiger partial charge in [0.05, 0.1) is 0 Å². The van der Waals surface area contributed by atoms with Gasteiger partial charge in [0.15, 0.2) is 0 Å². The van der Waals surface area contributed by atoms with Crippen LogP contribution in [0.4, 0.5) is 4.39 Å². The predicted octanol–water partition coefficient (Wildman–Crippen LogP) is 2.93. The highest BCUT2D eigenvalue weighted by molar-refractivity contribution is 9.10. The molecule has 19 heavy (non-hydrogen) atoms. The van der Waals surface area contributed by atoms with Gasteiger partial charge >= 0.3 is 0 Å². The summed E-state index contributed by atoms with van der Waals surface area (Å²) >= 11 is 3.36. The summed E-state index contributed by atoms with van der Waals surface area (Å²) in [6.45, 7) is 0.830. The second-order valence-electron chi connectivity index (χ2n) is 4.61. The third-order valence-corrected chi connectivity index (χ3v) is 3.68. The summed E-state index contributed by atoms with van der Waals surface area (Å²) < 4.78 is 19.1. The van der Waals surface area contributed by atoms with E-state index < -0.39 is 0 Å². The second-order valence-corrected chi connectivity index (χ2v) is 5.47. The van der Waals surface area contributed by atoms with Crippen molar-refractivity contribution in [1.82, 2.24) is 15.5 Å². The summed E-state index contributed by atoms with van der Waals surface area (Å²) in [5.41, 5.74) is 0.602. The van der Waals surface area contributed by atoms with Gasteiger partial charge in [-0.05, 0) is 31.0 Å². The summed E-state index contributed by atoms with van der Waals surface area (Å²) in [5, 5.41) is 7.27. The Morgan fingerprint density at radius 3 is 3.05 bits per heavy atom. The summed E-state index contributed by atoms with van der Waals surface area (Å²) in [5.74, 6) is 0.659. The van der Waals surface area contributed by atoms with Gasteiger partial charge in [0.25, 0.3) is 0 Å². The van der Waals surface area contributed by atoms with Crippen LogP contribution in [0.25, 0.3) is 11.4 Å². The number of rotatable bonds is 5. The smallest absolute Gasteiger partial charge is 0.228 e. The molecule has 1 N–H and O–H groups in total.